The summed E-state index contributed by atoms with van der Waals surface area (Å²) in [7, 11) is 1.58. The van der Waals surface area contributed by atoms with Crippen LogP contribution in [-0.4, -0.2) is 28.7 Å². The van der Waals surface area contributed by atoms with E-state index in [1.54, 1.807) is 19.2 Å². The van der Waals surface area contributed by atoms with Crippen LogP contribution in [-0.2, 0) is 13.0 Å². The minimum absolute atomic E-state index is 0.147. The van der Waals surface area contributed by atoms with Gasteiger partial charge in [0.2, 0.25) is 0 Å². The molecule has 1 amide bonds. The fourth-order valence-corrected chi connectivity index (χ4v) is 4.54. The number of carbonyl (C=O) groups is 2. The molecule has 0 aliphatic heterocycles. The van der Waals surface area contributed by atoms with E-state index in [0.717, 1.165) is 22.5 Å². The third-order valence-electron chi connectivity index (χ3n) is 4.98. The minimum atomic E-state index is -0.775. The van der Waals surface area contributed by atoms with Crippen LogP contribution in [0.5, 0.6) is 5.75 Å². The van der Waals surface area contributed by atoms with Crippen molar-refractivity contribution < 1.29 is 14.3 Å². The zero-order valence-corrected chi connectivity index (χ0v) is 17.9. The van der Waals surface area contributed by atoms with Crippen LogP contribution in [0.15, 0.2) is 64.2 Å². The van der Waals surface area contributed by atoms with Crippen LogP contribution >= 0.6 is 11.3 Å². The Kier molecular flexibility index (Phi) is 6.00. The highest BCUT2D eigenvalue weighted by Crippen LogP contribution is 2.25. The first-order valence-corrected chi connectivity index (χ1v) is 10.5. The van der Waals surface area contributed by atoms with Crippen molar-refractivity contribution in [2.45, 2.75) is 13.0 Å². The molecule has 0 spiro atoms. The second-order valence-electron chi connectivity index (χ2n) is 7.00. The second-order valence-corrected chi connectivity index (χ2v) is 8.00. The Morgan fingerprint density at radius 1 is 1.09 bits per heavy atom. The van der Waals surface area contributed by atoms with Gasteiger partial charge in [-0.1, -0.05) is 42.5 Å². The smallest absolute Gasteiger partial charge is 0.333 e. The third kappa shape index (κ3) is 4.10. The number of aromatic nitrogens is 2. The van der Waals surface area contributed by atoms with E-state index >= 15 is 0 Å². The predicted octanol–water partition coefficient (Wildman–Crippen LogP) is 2.39. The first-order valence-electron chi connectivity index (χ1n) is 9.72. The minimum Gasteiger partial charge on any atom is -0.497 e. The molecule has 0 bridgehead atoms. The van der Waals surface area contributed by atoms with Gasteiger partial charge in [-0.25, -0.2) is 4.79 Å². The van der Waals surface area contributed by atoms with Crippen molar-refractivity contribution in [3.05, 3.63) is 103 Å². The first-order chi connectivity index (χ1) is 15.5. The van der Waals surface area contributed by atoms with Crippen LogP contribution in [0.25, 0.3) is 4.83 Å². The molecule has 0 fully saturated rings. The van der Waals surface area contributed by atoms with Crippen LogP contribution < -0.4 is 21.3 Å². The number of carbonyl (C=O) groups excluding carboxylic acids is 2. The lowest BCUT2D eigenvalue weighted by Gasteiger charge is -2.08. The van der Waals surface area contributed by atoms with Crippen molar-refractivity contribution in [2.75, 3.05) is 7.11 Å². The Labute approximate surface area is 186 Å². The SMILES string of the molecule is COc1ccc(CNC(=O)c2sc3c(C=O)c(=O)[nH]c(=O)n3c2Cc2ccccc2)cc1. The maximum Gasteiger partial charge on any atom is 0.333 e. The normalized spacial score (nSPS) is 10.8. The Bertz CT molecular complexity index is 1400. The van der Waals surface area contributed by atoms with Gasteiger partial charge in [-0.15, -0.1) is 11.3 Å². The summed E-state index contributed by atoms with van der Waals surface area (Å²) in [5, 5.41) is 2.85. The molecular weight excluding hydrogens is 430 g/mol. The molecule has 8 nitrogen and oxygen atoms in total. The summed E-state index contributed by atoms with van der Waals surface area (Å²) in [5.74, 6) is 0.310. The number of ether oxygens (including phenoxy) is 1. The number of aldehydes is 1. The predicted molar refractivity (Wildman–Crippen MR) is 121 cm³/mol. The van der Waals surface area contributed by atoms with E-state index in [-0.39, 0.29) is 28.2 Å². The van der Waals surface area contributed by atoms with Crippen LogP contribution in [0.2, 0.25) is 0 Å². The molecular formula is C23H19N3O5S. The number of aromatic amines is 1. The molecule has 0 unspecified atom stereocenters. The van der Waals surface area contributed by atoms with E-state index in [4.69, 9.17) is 4.74 Å². The van der Waals surface area contributed by atoms with Gasteiger partial charge in [0.1, 0.15) is 21.0 Å². The summed E-state index contributed by atoms with van der Waals surface area (Å²) in [6.45, 7) is 0.260. The second kappa shape index (κ2) is 9.03. The molecule has 0 aliphatic carbocycles. The molecule has 2 aromatic carbocycles. The van der Waals surface area contributed by atoms with Crippen LogP contribution in [0.1, 0.15) is 36.9 Å². The summed E-state index contributed by atoms with van der Waals surface area (Å²) in [6.07, 6.45) is 0.672. The summed E-state index contributed by atoms with van der Waals surface area (Å²) in [4.78, 5) is 51.9. The molecule has 162 valence electrons. The van der Waals surface area contributed by atoms with Crippen molar-refractivity contribution in [1.29, 1.82) is 0 Å². The lowest BCUT2D eigenvalue weighted by molar-refractivity contribution is 0.0953. The zero-order chi connectivity index (χ0) is 22.7. The average Bonchev–Trinajstić information content (AvgIpc) is 3.18. The molecule has 4 aromatic rings. The van der Waals surface area contributed by atoms with Crippen molar-refractivity contribution in [3.8, 4) is 5.75 Å². The number of benzene rings is 2. The lowest BCUT2D eigenvalue weighted by Crippen LogP contribution is -2.30. The van der Waals surface area contributed by atoms with E-state index in [1.165, 1.54) is 4.40 Å². The maximum atomic E-state index is 13.1. The van der Waals surface area contributed by atoms with E-state index in [2.05, 4.69) is 10.3 Å². The number of hydrogen-bond acceptors (Lipinski definition) is 6. The Morgan fingerprint density at radius 3 is 2.47 bits per heavy atom. The van der Waals surface area contributed by atoms with Crippen LogP contribution in [0, 0.1) is 0 Å². The van der Waals surface area contributed by atoms with Crippen molar-refractivity contribution in [2.24, 2.45) is 0 Å². The molecule has 0 radical (unpaired) electrons. The fraction of sp³-hybridized carbons (Fsp3) is 0.130. The molecule has 2 aromatic heterocycles. The van der Waals surface area contributed by atoms with E-state index < -0.39 is 17.2 Å². The highest BCUT2D eigenvalue weighted by Gasteiger charge is 2.23. The van der Waals surface area contributed by atoms with Crippen molar-refractivity contribution in [3.63, 3.8) is 0 Å². The van der Waals surface area contributed by atoms with E-state index in [1.807, 2.05) is 42.5 Å². The summed E-state index contributed by atoms with van der Waals surface area (Å²) in [6, 6.07) is 16.6. The lowest BCUT2D eigenvalue weighted by atomic mass is 10.1. The van der Waals surface area contributed by atoms with Gasteiger partial charge in [-0.05, 0) is 23.3 Å². The summed E-state index contributed by atoms with van der Waals surface area (Å²) in [5.41, 5.74) is 0.508. The third-order valence-corrected chi connectivity index (χ3v) is 6.20. The van der Waals surface area contributed by atoms with Gasteiger partial charge in [0.05, 0.1) is 12.8 Å². The van der Waals surface area contributed by atoms with Crippen LogP contribution in [0.3, 0.4) is 0 Å². The number of fused-ring (bicyclic) bond motifs is 1. The summed E-state index contributed by atoms with van der Waals surface area (Å²) >= 11 is 0.952. The monoisotopic (exact) mass is 449 g/mol. The average molecular weight is 449 g/mol. The van der Waals surface area contributed by atoms with Gasteiger partial charge >= 0.3 is 5.69 Å². The molecule has 0 aliphatic rings. The van der Waals surface area contributed by atoms with Gasteiger partial charge in [-0.2, -0.15) is 0 Å². The van der Waals surface area contributed by atoms with Gasteiger partial charge in [0.15, 0.2) is 6.29 Å². The Balaban J connectivity index is 1.76. The molecule has 0 saturated heterocycles. The number of nitrogens with one attached hydrogen (secondary N) is 2. The highest BCUT2D eigenvalue weighted by molar-refractivity contribution is 7.19. The topological polar surface area (TPSA) is 110 Å². The largest absolute Gasteiger partial charge is 0.497 e. The number of thiazole rings is 1. The van der Waals surface area contributed by atoms with Crippen molar-refractivity contribution in [1.82, 2.24) is 14.7 Å². The molecule has 4 rings (SSSR count). The number of nitrogens with zero attached hydrogens (tertiary/aromatic N) is 1. The Morgan fingerprint density at radius 2 is 1.81 bits per heavy atom. The van der Waals surface area contributed by atoms with Gasteiger partial charge < -0.3 is 10.1 Å². The molecule has 2 N–H and O–H groups in total. The molecule has 0 atom stereocenters. The Hall–Kier alpha value is -3.98. The number of methoxy groups -OCH3 is 1. The zero-order valence-electron chi connectivity index (χ0n) is 17.1. The van der Waals surface area contributed by atoms with Gasteiger partial charge in [0.25, 0.3) is 11.5 Å². The van der Waals surface area contributed by atoms with Crippen molar-refractivity contribution >= 4 is 28.4 Å². The van der Waals surface area contributed by atoms with Gasteiger partial charge in [0, 0.05) is 13.0 Å². The van der Waals surface area contributed by atoms with E-state index in [9.17, 15) is 19.2 Å². The standard InChI is InChI=1S/C23H19N3O5S/c1-31-16-9-7-15(8-10-16)12-24-21(29)19-18(11-14-5-3-2-4-6-14)26-22(32-19)17(13-27)20(28)25-23(26)30/h2-10,13H,11-12H2,1H3,(H,24,29)(H,25,28,30). The van der Waals surface area contributed by atoms with Crippen LogP contribution in [0.4, 0.5) is 0 Å². The summed E-state index contributed by atoms with van der Waals surface area (Å²) < 4.78 is 6.38. The maximum absolute atomic E-state index is 13.1. The number of hydrogen-bond donors (Lipinski definition) is 2. The number of rotatable bonds is 7. The molecule has 32 heavy (non-hydrogen) atoms. The molecule has 2 heterocycles. The fourth-order valence-electron chi connectivity index (χ4n) is 3.37. The van der Waals surface area contributed by atoms with E-state index in [0.29, 0.717) is 17.7 Å². The molecule has 9 heteroatoms. The number of amides is 1. The first kappa shape index (κ1) is 21.3. The highest BCUT2D eigenvalue weighted by atomic mass is 32.1. The van der Waals surface area contributed by atoms with Gasteiger partial charge in [-0.3, -0.25) is 23.8 Å². The molecule has 0 saturated carbocycles. The number of H-pyrrole nitrogens is 1. The quantitative estimate of drug-likeness (QED) is 0.421.